The van der Waals surface area contributed by atoms with E-state index in [1.54, 1.807) is 6.20 Å². The molecule has 1 aliphatic heterocycles. The fourth-order valence-electron chi connectivity index (χ4n) is 2.57. The van der Waals surface area contributed by atoms with Gasteiger partial charge < -0.3 is 20.1 Å². The lowest BCUT2D eigenvalue weighted by Gasteiger charge is -2.12. The van der Waals surface area contributed by atoms with Crippen LogP contribution in [0.3, 0.4) is 0 Å². The molecule has 140 valence electrons. The van der Waals surface area contributed by atoms with Crippen LogP contribution < -0.4 is 10.6 Å². The number of pyridine rings is 1. The van der Waals surface area contributed by atoms with Gasteiger partial charge in [-0.1, -0.05) is 17.7 Å². The molecule has 1 aromatic heterocycles. The molecule has 1 unspecified atom stereocenters. The van der Waals surface area contributed by atoms with Gasteiger partial charge in [-0.15, -0.1) is 0 Å². The molecule has 0 amide bonds. The topological polar surface area (TPSA) is 67.8 Å². The second-order valence-corrected chi connectivity index (χ2v) is 6.38. The smallest absolute Gasteiger partial charge is 0.191 e. The van der Waals surface area contributed by atoms with Crippen molar-refractivity contribution in [2.45, 2.75) is 38.7 Å². The van der Waals surface area contributed by atoms with Crippen LogP contribution in [0.5, 0.6) is 0 Å². The number of aromatic nitrogens is 1. The molecule has 0 bridgehead atoms. The lowest BCUT2D eigenvalue weighted by atomic mass is 10.2. The predicted molar refractivity (Wildman–Crippen MR) is 101 cm³/mol. The van der Waals surface area contributed by atoms with Crippen LogP contribution in [0, 0.1) is 0 Å². The van der Waals surface area contributed by atoms with Crippen LogP contribution in [0.1, 0.15) is 31.7 Å². The van der Waals surface area contributed by atoms with Crippen molar-refractivity contribution in [2.24, 2.45) is 4.99 Å². The number of halogens is 1. The first-order valence-corrected chi connectivity index (χ1v) is 9.47. The Bertz CT molecular complexity index is 504. The molecule has 1 aromatic rings. The summed E-state index contributed by atoms with van der Waals surface area (Å²) in [6.45, 7) is 6.74. The third-order valence-electron chi connectivity index (χ3n) is 3.88. The molecule has 1 fully saturated rings. The van der Waals surface area contributed by atoms with Gasteiger partial charge in [0.15, 0.2) is 5.96 Å². The van der Waals surface area contributed by atoms with Gasteiger partial charge in [-0.05, 0) is 44.2 Å². The summed E-state index contributed by atoms with van der Waals surface area (Å²) in [5.41, 5.74) is 1.15. The standard InChI is InChI=1S/C18H29ClN4O2/c1-2-20-18(22-10-8-15-6-7-17(19)23-13-15)21-9-4-11-24-14-16-5-3-12-25-16/h6-7,13,16H,2-5,8-12,14H2,1H3,(H2,20,21,22). The third kappa shape index (κ3) is 8.52. The molecule has 1 atom stereocenters. The zero-order chi connectivity index (χ0) is 17.7. The van der Waals surface area contributed by atoms with Crippen LogP contribution in [0.15, 0.2) is 23.3 Å². The predicted octanol–water partition coefficient (Wildman–Crippen LogP) is 2.42. The van der Waals surface area contributed by atoms with Crippen molar-refractivity contribution in [3.05, 3.63) is 29.0 Å². The van der Waals surface area contributed by atoms with Crippen LogP contribution >= 0.6 is 11.6 Å². The van der Waals surface area contributed by atoms with Crippen molar-refractivity contribution >= 4 is 17.6 Å². The van der Waals surface area contributed by atoms with Crippen molar-refractivity contribution in [1.82, 2.24) is 15.6 Å². The van der Waals surface area contributed by atoms with Crippen molar-refractivity contribution in [2.75, 3.05) is 39.5 Å². The largest absolute Gasteiger partial charge is 0.379 e. The number of hydrogen-bond acceptors (Lipinski definition) is 4. The monoisotopic (exact) mass is 368 g/mol. The highest BCUT2D eigenvalue weighted by Gasteiger charge is 2.14. The first-order valence-electron chi connectivity index (χ1n) is 9.10. The lowest BCUT2D eigenvalue weighted by Crippen LogP contribution is -2.38. The highest BCUT2D eigenvalue weighted by molar-refractivity contribution is 6.29. The van der Waals surface area contributed by atoms with E-state index < -0.39 is 0 Å². The van der Waals surface area contributed by atoms with E-state index in [4.69, 9.17) is 21.1 Å². The summed E-state index contributed by atoms with van der Waals surface area (Å²) in [5.74, 6) is 0.837. The summed E-state index contributed by atoms with van der Waals surface area (Å²) in [7, 11) is 0. The highest BCUT2D eigenvalue weighted by Crippen LogP contribution is 2.11. The van der Waals surface area contributed by atoms with Gasteiger partial charge in [-0.2, -0.15) is 0 Å². The highest BCUT2D eigenvalue weighted by atomic mass is 35.5. The average molecular weight is 369 g/mol. The average Bonchev–Trinajstić information content (AvgIpc) is 3.13. The maximum absolute atomic E-state index is 5.79. The van der Waals surface area contributed by atoms with E-state index in [2.05, 4.69) is 27.5 Å². The van der Waals surface area contributed by atoms with Gasteiger partial charge in [0, 0.05) is 39.0 Å². The minimum Gasteiger partial charge on any atom is -0.379 e. The molecule has 25 heavy (non-hydrogen) atoms. The quantitative estimate of drug-likeness (QED) is 0.287. The minimum atomic E-state index is 0.296. The molecular weight excluding hydrogens is 340 g/mol. The molecule has 6 nitrogen and oxygen atoms in total. The number of guanidine groups is 1. The number of nitrogens with zero attached hydrogens (tertiary/aromatic N) is 2. The summed E-state index contributed by atoms with van der Waals surface area (Å²) in [4.78, 5) is 8.66. The van der Waals surface area contributed by atoms with Crippen LogP contribution in [-0.2, 0) is 15.9 Å². The molecule has 0 radical (unpaired) electrons. The maximum atomic E-state index is 5.79. The number of nitrogens with one attached hydrogen (secondary N) is 2. The van der Waals surface area contributed by atoms with Crippen LogP contribution in [0.4, 0.5) is 0 Å². The Kier molecular flexibility index (Phi) is 9.62. The van der Waals surface area contributed by atoms with E-state index in [1.807, 2.05) is 12.1 Å². The first-order chi connectivity index (χ1) is 12.3. The normalized spacial score (nSPS) is 17.7. The number of aliphatic imine (C=N–C) groups is 1. The number of hydrogen-bond donors (Lipinski definition) is 2. The fraction of sp³-hybridized carbons (Fsp3) is 0.667. The van der Waals surface area contributed by atoms with Gasteiger partial charge in [-0.25, -0.2) is 4.98 Å². The summed E-state index contributed by atoms with van der Waals surface area (Å²) in [6.07, 6.45) is 6.16. The van der Waals surface area contributed by atoms with Gasteiger partial charge >= 0.3 is 0 Å². The number of rotatable bonds is 10. The zero-order valence-electron chi connectivity index (χ0n) is 15.0. The summed E-state index contributed by atoms with van der Waals surface area (Å²) < 4.78 is 11.2. The lowest BCUT2D eigenvalue weighted by molar-refractivity contribution is 0.0171. The van der Waals surface area contributed by atoms with Crippen molar-refractivity contribution in [3.8, 4) is 0 Å². The van der Waals surface area contributed by atoms with Crippen molar-refractivity contribution in [3.63, 3.8) is 0 Å². The van der Waals surface area contributed by atoms with Crippen molar-refractivity contribution in [1.29, 1.82) is 0 Å². The van der Waals surface area contributed by atoms with E-state index >= 15 is 0 Å². The minimum absolute atomic E-state index is 0.296. The molecule has 0 aromatic carbocycles. The molecule has 0 spiro atoms. The van der Waals surface area contributed by atoms with E-state index in [-0.39, 0.29) is 0 Å². The van der Waals surface area contributed by atoms with Gasteiger partial charge in [0.1, 0.15) is 5.15 Å². The SMILES string of the molecule is CCNC(=NCCCOCC1CCCO1)NCCc1ccc(Cl)nc1. The fourth-order valence-corrected chi connectivity index (χ4v) is 2.68. The Morgan fingerprint density at radius 1 is 1.44 bits per heavy atom. The van der Waals surface area contributed by atoms with Gasteiger partial charge in [0.2, 0.25) is 0 Å². The number of ether oxygens (including phenoxy) is 2. The Hall–Kier alpha value is -1.37. The molecule has 2 heterocycles. The molecule has 0 aliphatic carbocycles. The Labute approximate surface area is 155 Å². The second-order valence-electron chi connectivity index (χ2n) is 5.99. The summed E-state index contributed by atoms with van der Waals surface area (Å²) >= 11 is 5.79. The first kappa shape index (κ1) is 19.9. The van der Waals surface area contributed by atoms with Gasteiger partial charge in [0.05, 0.1) is 12.7 Å². The maximum Gasteiger partial charge on any atom is 0.191 e. The van der Waals surface area contributed by atoms with E-state index in [0.717, 1.165) is 70.1 Å². The zero-order valence-corrected chi connectivity index (χ0v) is 15.7. The molecule has 7 heteroatoms. The van der Waals surface area contributed by atoms with Gasteiger partial charge in [-0.3, -0.25) is 4.99 Å². The molecule has 1 aliphatic rings. The molecule has 2 rings (SSSR count). The molecular formula is C18H29ClN4O2. The molecule has 2 N–H and O–H groups in total. The van der Waals surface area contributed by atoms with Gasteiger partial charge in [0.25, 0.3) is 0 Å². The van der Waals surface area contributed by atoms with Crippen LogP contribution in [0.2, 0.25) is 5.15 Å². The van der Waals surface area contributed by atoms with E-state index in [1.165, 1.54) is 0 Å². The van der Waals surface area contributed by atoms with Crippen LogP contribution in [-0.4, -0.2) is 56.5 Å². The van der Waals surface area contributed by atoms with E-state index in [0.29, 0.717) is 17.9 Å². The van der Waals surface area contributed by atoms with Crippen LogP contribution in [0.25, 0.3) is 0 Å². The second kappa shape index (κ2) is 12.1. The Morgan fingerprint density at radius 2 is 2.36 bits per heavy atom. The van der Waals surface area contributed by atoms with E-state index in [9.17, 15) is 0 Å². The molecule has 0 saturated carbocycles. The summed E-state index contributed by atoms with van der Waals surface area (Å²) in [6, 6.07) is 3.80. The summed E-state index contributed by atoms with van der Waals surface area (Å²) in [5, 5.41) is 7.11. The Balaban J connectivity index is 1.59. The molecule has 1 saturated heterocycles. The third-order valence-corrected chi connectivity index (χ3v) is 4.11. The Morgan fingerprint density at radius 3 is 3.08 bits per heavy atom. The van der Waals surface area contributed by atoms with Crippen molar-refractivity contribution < 1.29 is 9.47 Å².